The Bertz CT molecular complexity index is 959. The van der Waals surface area contributed by atoms with Crippen molar-refractivity contribution in [2.24, 2.45) is 5.92 Å². The van der Waals surface area contributed by atoms with Gasteiger partial charge in [-0.15, -0.1) is 21.5 Å². The molecule has 0 aliphatic rings. The molecule has 1 N–H and O–H groups in total. The van der Waals surface area contributed by atoms with Gasteiger partial charge in [-0.3, -0.25) is 4.79 Å². The maximum atomic E-state index is 12.5. The van der Waals surface area contributed by atoms with Gasteiger partial charge in [0, 0.05) is 28.7 Å². The summed E-state index contributed by atoms with van der Waals surface area (Å²) >= 11 is 15.1. The Kier molecular flexibility index (Phi) is 6.98. The number of hydrogen-bond acceptors (Lipinski definition) is 6. The van der Waals surface area contributed by atoms with Crippen LogP contribution < -0.4 is 5.32 Å². The van der Waals surface area contributed by atoms with Crippen LogP contribution in [0.15, 0.2) is 34.9 Å². The Morgan fingerprint density at radius 1 is 1.29 bits per heavy atom. The number of carbonyl (C=O) groups excluding carboxylic acids is 1. The molecule has 28 heavy (non-hydrogen) atoms. The van der Waals surface area contributed by atoms with Crippen molar-refractivity contribution in [3.05, 3.63) is 39.8 Å². The first-order chi connectivity index (χ1) is 13.3. The molecule has 0 radical (unpaired) electrons. The number of rotatable bonds is 7. The van der Waals surface area contributed by atoms with Gasteiger partial charge in [0.2, 0.25) is 5.91 Å². The molecule has 0 saturated carbocycles. The van der Waals surface area contributed by atoms with Gasteiger partial charge < -0.3 is 9.88 Å². The molecular weight excluding hydrogens is 437 g/mol. The summed E-state index contributed by atoms with van der Waals surface area (Å²) < 4.78 is 2.00. The van der Waals surface area contributed by atoms with Crippen LogP contribution in [0.25, 0.3) is 11.4 Å². The number of hydrogen-bond donors (Lipinski definition) is 1. The Morgan fingerprint density at radius 3 is 2.71 bits per heavy atom. The smallest absolute Gasteiger partial charge is 0.239 e. The molecule has 0 spiro atoms. The van der Waals surface area contributed by atoms with Gasteiger partial charge in [0.05, 0.1) is 10.3 Å². The highest BCUT2D eigenvalue weighted by atomic mass is 35.5. The normalized spacial score (nSPS) is 12.4. The predicted molar refractivity (Wildman–Crippen MR) is 116 cm³/mol. The molecule has 3 rings (SSSR count). The average Bonchev–Trinajstić information content (AvgIpc) is 3.26. The van der Waals surface area contributed by atoms with Gasteiger partial charge in [0.15, 0.2) is 16.1 Å². The Labute approximate surface area is 181 Å². The van der Waals surface area contributed by atoms with E-state index < -0.39 is 0 Å². The molecule has 148 valence electrons. The summed E-state index contributed by atoms with van der Waals surface area (Å²) in [7, 11) is 0. The number of halogens is 2. The SMILES string of the molecule is CC(C)Cn1c(S[C@H](C)C(=O)Nc2nccs2)nnc1-c1ccc(Cl)cc1Cl. The van der Waals surface area contributed by atoms with Gasteiger partial charge >= 0.3 is 0 Å². The number of aromatic nitrogens is 4. The first kappa shape index (κ1) is 21.1. The van der Waals surface area contributed by atoms with E-state index in [4.69, 9.17) is 23.2 Å². The molecule has 2 heterocycles. The number of amides is 1. The molecular formula is C18H19Cl2N5OS2. The Balaban J connectivity index is 1.86. The lowest BCUT2D eigenvalue weighted by Gasteiger charge is -2.15. The average molecular weight is 456 g/mol. The second kappa shape index (κ2) is 9.26. The molecule has 0 unspecified atom stereocenters. The topological polar surface area (TPSA) is 72.7 Å². The highest BCUT2D eigenvalue weighted by Crippen LogP contribution is 2.33. The summed E-state index contributed by atoms with van der Waals surface area (Å²) in [6, 6.07) is 5.29. The van der Waals surface area contributed by atoms with Gasteiger partial charge in [0.1, 0.15) is 0 Å². The zero-order valence-corrected chi connectivity index (χ0v) is 18.7. The van der Waals surface area contributed by atoms with Crippen molar-refractivity contribution in [3.8, 4) is 11.4 Å². The summed E-state index contributed by atoms with van der Waals surface area (Å²) in [6.45, 7) is 6.75. The molecule has 0 bridgehead atoms. The third-order valence-electron chi connectivity index (χ3n) is 3.75. The highest BCUT2D eigenvalue weighted by Gasteiger charge is 2.22. The van der Waals surface area contributed by atoms with Gasteiger partial charge in [0.25, 0.3) is 0 Å². The minimum atomic E-state index is -0.368. The van der Waals surface area contributed by atoms with Crippen LogP contribution in [0.4, 0.5) is 5.13 Å². The fourth-order valence-electron chi connectivity index (χ4n) is 2.48. The van der Waals surface area contributed by atoms with E-state index in [1.807, 2.05) is 22.9 Å². The second-order valence-electron chi connectivity index (χ2n) is 6.52. The number of thiazole rings is 1. The number of thioether (sulfide) groups is 1. The van der Waals surface area contributed by atoms with Gasteiger partial charge in [-0.2, -0.15) is 0 Å². The molecule has 0 aliphatic carbocycles. The third-order valence-corrected chi connectivity index (χ3v) is 6.07. The van der Waals surface area contributed by atoms with Crippen LogP contribution in [0.2, 0.25) is 10.0 Å². The zero-order chi connectivity index (χ0) is 20.3. The highest BCUT2D eigenvalue weighted by molar-refractivity contribution is 8.00. The molecule has 10 heteroatoms. The zero-order valence-electron chi connectivity index (χ0n) is 15.5. The van der Waals surface area contributed by atoms with E-state index in [1.54, 1.807) is 18.3 Å². The van der Waals surface area contributed by atoms with Gasteiger partial charge in [-0.05, 0) is 31.0 Å². The van der Waals surface area contributed by atoms with Crippen molar-refractivity contribution >= 4 is 57.3 Å². The Morgan fingerprint density at radius 2 is 2.07 bits per heavy atom. The molecule has 6 nitrogen and oxygen atoms in total. The lowest BCUT2D eigenvalue weighted by atomic mass is 10.2. The van der Waals surface area contributed by atoms with Gasteiger partial charge in [-0.25, -0.2) is 4.98 Å². The number of anilines is 1. The number of nitrogens with one attached hydrogen (secondary N) is 1. The molecule has 0 saturated heterocycles. The molecule has 1 aromatic carbocycles. The molecule has 1 atom stereocenters. The first-order valence-electron chi connectivity index (χ1n) is 8.60. The summed E-state index contributed by atoms with van der Waals surface area (Å²) in [5.41, 5.74) is 0.756. The van der Waals surface area contributed by atoms with Crippen molar-refractivity contribution in [2.75, 3.05) is 5.32 Å². The maximum absolute atomic E-state index is 12.5. The molecule has 2 aromatic heterocycles. The number of nitrogens with zero attached hydrogens (tertiary/aromatic N) is 4. The van der Waals surface area contributed by atoms with Gasteiger partial charge in [-0.1, -0.05) is 48.8 Å². The van der Waals surface area contributed by atoms with Crippen molar-refractivity contribution < 1.29 is 4.79 Å². The maximum Gasteiger partial charge on any atom is 0.239 e. The monoisotopic (exact) mass is 455 g/mol. The van der Waals surface area contributed by atoms with E-state index in [0.29, 0.717) is 38.6 Å². The number of benzene rings is 1. The molecule has 1 amide bonds. The first-order valence-corrected chi connectivity index (χ1v) is 11.1. The quantitative estimate of drug-likeness (QED) is 0.477. The fraction of sp³-hybridized carbons (Fsp3) is 0.333. The predicted octanol–water partition coefficient (Wildman–Crippen LogP) is 5.48. The lowest BCUT2D eigenvalue weighted by Crippen LogP contribution is -2.23. The Hall–Kier alpha value is -1.61. The summed E-state index contributed by atoms with van der Waals surface area (Å²) in [5.74, 6) is 0.884. The van der Waals surface area contributed by atoms with E-state index in [0.717, 1.165) is 5.56 Å². The van der Waals surface area contributed by atoms with E-state index in [1.165, 1.54) is 23.1 Å². The number of carbonyl (C=O) groups is 1. The molecule has 3 aromatic rings. The van der Waals surface area contributed by atoms with Crippen LogP contribution in [0, 0.1) is 5.92 Å². The van der Waals surface area contributed by atoms with E-state index in [-0.39, 0.29) is 11.2 Å². The van der Waals surface area contributed by atoms with Crippen LogP contribution in [-0.2, 0) is 11.3 Å². The van der Waals surface area contributed by atoms with Crippen LogP contribution in [-0.4, -0.2) is 30.9 Å². The third kappa shape index (κ3) is 5.05. The van der Waals surface area contributed by atoms with Crippen molar-refractivity contribution in [3.63, 3.8) is 0 Å². The summed E-state index contributed by atoms with van der Waals surface area (Å²) in [4.78, 5) is 16.5. The summed E-state index contributed by atoms with van der Waals surface area (Å²) in [5, 5.41) is 15.2. The fourth-order valence-corrected chi connectivity index (χ4v) is 4.36. The largest absolute Gasteiger partial charge is 0.302 e. The van der Waals surface area contributed by atoms with E-state index in [2.05, 4.69) is 34.3 Å². The van der Waals surface area contributed by atoms with E-state index in [9.17, 15) is 4.79 Å². The van der Waals surface area contributed by atoms with Crippen molar-refractivity contribution in [1.82, 2.24) is 19.7 Å². The standard InChI is InChI=1S/C18H19Cl2N5OS2/c1-10(2)9-25-15(13-5-4-12(19)8-14(13)20)23-24-18(25)28-11(3)16(26)22-17-21-6-7-27-17/h4-8,10-11H,9H2,1-3H3,(H,21,22,26)/t11-/m1/s1. The van der Waals surface area contributed by atoms with Crippen molar-refractivity contribution in [1.29, 1.82) is 0 Å². The van der Waals surface area contributed by atoms with E-state index >= 15 is 0 Å². The van der Waals surface area contributed by atoms with Crippen LogP contribution >= 0.6 is 46.3 Å². The summed E-state index contributed by atoms with van der Waals surface area (Å²) in [6.07, 6.45) is 1.65. The lowest BCUT2D eigenvalue weighted by molar-refractivity contribution is -0.115. The van der Waals surface area contributed by atoms with Crippen LogP contribution in [0.3, 0.4) is 0 Å². The molecule has 0 aliphatic heterocycles. The second-order valence-corrected chi connectivity index (χ2v) is 9.57. The van der Waals surface area contributed by atoms with Crippen molar-refractivity contribution in [2.45, 2.75) is 37.7 Å². The minimum Gasteiger partial charge on any atom is -0.302 e. The molecule has 0 fully saturated rings. The van der Waals surface area contributed by atoms with Crippen LogP contribution in [0.1, 0.15) is 20.8 Å². The van der Waals surface area contributed by atoms with Crippen LogP contribution in [0.5, 0.6) is 0 Å². The minimum absolute atomic E-state index is 0.134.